The first kappa shape index (κ1) is 16.4. The highest BCUT2D eigenvalue weighted by Crippen LogP contribution is 2.44. The van der Waals surface area contributed by atoms with Crippen LogP contribution in [0.1, 0.15) is 18.5 Å². The molecule has 5 heteroatoms. The van der Waals surface area contributed by atoms with Gasteiger partial charge >= 0.3 is 0 Å². The fraction of sp³-hybridized carbons (Fsp3) is 0.235. The number of amides is 1. The summed E-state index contributed by atoms with van der Waals surface area (Å²) in [6.45, 7) is 2.18. The van der Waals surface area contributed by atoms with Crippen LogP contribution in [0.4, 0.5) is 17.1 Å². The molecule has 0 aromatic heterocycles. The molecular weight excluding hydrogens is 294 g/mol. The number of quaternary nitrogens is 1. The van der Waals surface area contributed by atoms with Crippen molar-refractivity contribution in [3.05, 3.63) is 54.1 Å². The van der Waals surface area contributed by atoms with Crippen LogP contribution in [0.15, 0.2) is 48.5 Å². The Morgan fingerprint density at radius 3 is 2.50 bits per heavy atom. The van der Waals surface area contributed by atoms with Gasteiger partial charge in [0.2, 0.25) is 6.41 Å². The van der Waals surface area contributed by atoms with E-state index in [1.54, 1.807) is 18.0 Å². The predicted molar refractivity (Wildman–Crippen MR) is 96.6 cm³/mol. The standard InChI is InChI=1S/C17H21N3OS/c1-13(14-7-5-4-6-8-14)20(2,22-3)17-11-15(18)9-10-16(17)19-12-21/h4-13H,18H2,1-3H3/p+1. The highest BCUT2D eigenvalue weighted by Gasteiger charge is 2.35. The van der Waals surface area contributed by atoms with Crippen LogP contribution in [0.3, 0.4) is 0 Å². The number of carbonyl (C=O) groups is 1. The molecule has 22 heavy (non-hydrogen) atoms. The quantitative estimate of drug-likeness (QED) is 0.369. The van der Waals surface area contributed by atoms with E-state index in [9.17, 15) is 4.79 Å². The third-order valence-corrected chi connectivity index (χ3v) is 5.39. The largest absolute Gasteiger partial charge is 0.399 e. The van der Waals surface area contributed by atoms with E-state index >= 15 is 0 Å². The second kappa shape index (κ2) is 6.85. The van der Waals surface area contributed by atoms with Crippen LogP contribution < -0.4 is 14.9 Å². The Labute approximate surface area is 136 Å². The fourth-order valence-electron chi connectivity index (χ4n) is 2.58. The summed E-state index contributed by atoms with van der Waals surface area (Å²) in [5.74, 6) is 0. The van der Waals surface area contributed by atoms with E-state index in [2.05, 4.69) is 37.7 Å². The van der Waals surface area contributed by atoms with E-state index in [-0.39, 0.29) is 6.04 Å². The zero-order chi connectivity index (χ0) is 16.2. The molecule has 0 saturated carbocycles. The molecule has 3 N–H and O–H groups in total. The second-order valence-corrected chi connectivity index (χ2v) is 6.42. The molecule has 116 valence electrons. The molecule has 0 aliphatic carbocycles. The predicted octanol–water partition coefficient (Wildman–Crippen LogP) is 3.81. The molecule has 0 radical (unpaired) electrons. The lowest BCUT2D eigenvalue weighted by Crippen LogP contribution is -2.40. The van der Waals surface area contributed by atoms with E-state index in [0.717, 1.165) is 11.4 Å². The SMILES string of the molecule is CS[N+](C)(c1cc(N)ccc1NC=O)C(C)c1ccccc1. The summed E-state index contributed by atoms with van der Waals surface area (Å²) in [5, 5.41) is 2.78. The van der Waals surface area contributed by atoms with Gasteiger partial charge in [-0.3, -0.25) is 4.79 Å². The molecule has 2 unspecified atom stereocenters. The maximum absolute atomic E-state index is 10.9. The number of hydrogen-bond acceptors (Lipinski definition) is 3. The van der Waals surface area contributed by atoms with E-state index in [0.29, 0.717) is 16.0 Å². The maximum atomic E-state index is 10.9. The van der Waals surface area contributed by atoms with Crippen molar-refractivity contribution in [2.75, 3.05) is 24.4 Å². The number of nitrogens with zero attached hydrogens (tertiary/aromatic N) is 1. The van der Waals surface area contributed by atoms with Gasteiger partial charge in [0.25, 0.3) is 0 Å². The number of nitrogens with two attached hydrogens (primary N) is 1. The summed E-state index contributed by atoms with van der Waals surface area (Å²) in [7, 11) is 2.13. The molecular formula is C17H22N3OS+. The molecule has 0 spiro atoms. The Bertz CT molecular complexity index is 648. The second-order valence-electron chi connectivity index (χ2n) is 5.30. The lowest BCUT2D eigenvalue weighted by Gasteiger charge is -2.37. The van der Waals surface area contributed by atoms with Crippen LogP contribution >= 0.6 is 11.9 Å². The van der Waals surface area contributed by atoms with Crippen molar-refractivity contribution in [3.63, 3.8) is 0 Å². The molecule has 0 heterocycles. The van der Waals surface area contributed by atoms with Gasteiger partial charge < -0.3 is 11.1 Å². The van der Waals surface area contributed by atoms with Gasteiger partial charge in [-0.15, -0.1) is 0 Å². The van der Waals surface area contributed by atoms with Gasteiger partial charge in [-0.05, 0) is 19.1 Å². The van der Waals surface area contributed by atoms with Gasteiger partial charge in [-0.25, -0.2) is 3.89 Å². The fourth-order valence-corrected chi connectivity index (χ4v) is 3.37. The number of nitrogens with one attached hydrogen (secondary N) is 1. The number of anilines is 2. The van der Waals surface area contributed by atoms with Crippen LogP contribution in [-0.2, 0) is 4.79 Å². The highest BCUT2D eigenvalue weighted by molar-refractivity contribution is 7.98. The summed E-state index contributed by atoms with van der Waals surface area (Å²) in [4.78, 5) is 10.9. The number of carbonyl (C=O) groups excluding carboxylic acids is 1. The van der Waals surface area contributed by atoms with Crippen molar-refractivity contribution < 1.29 is 4.79 Å². The monoisotopic (exact) mass is 316 g/mol. The summed E-state index contributed by atoms with van der Waals surface area (Å²) >= 11 is 1.70. The summed E-state index contributed by atoms with van der Waals surface area (Å²) in [6, 6.07) is 16.1. The Morgan fingerprint density at radius 2 is 1.91 bits per heavy atom. The van der Waals surface area contributed by atoms with E-state index in [4.69, 9.17) is 5.73 Å². The molecule has 2 atom stereocenters. The Kier molecular flexibility index (Phi) is 5.11. The van der Waals surface area contributed by atoms with Crippen LogP contribution in [0.5, 0.6) is 0 Å². The van der Waals surface area contributed by atoms with Crippen molar-refractivity contribution in [1.29, 1.82) is 0 Å². The van der Waals surface area contributed by atoms with Gasteiger partial charge in [-0.1, -0.05) is 30.3 Å². The average molecular weight is 316 g/mol. The number of benzene rings is 2. The van der Waals surface area contributed by atoms with Gasteiger partial charge in [0.05, 0.1) is 19.0 Å². The Morgan fingerprint density at radius 1 is 1.23 bits per heavy atom. The van der Waals surface area contributed by atoms with Gasteiger partial charge in [0, 0.05) is 23.6 Å². The minimum Gasteiger partial charge on any atom is -0.399 e. The molecule has 4 nitrogen and oxygen atoms in total. The third-order valence-electron chi connectivity index (χ3n) is 4.11. The number of nitrogen functional groups attached to an aromatic ring is 1. The van der Waals surface area contributed by atoms with Crippen LogP contribution in [0, 0.1) is 0 Å². The molecule has 2 aromatic rings. The number of hydrogen-bond donors (Lipinski definition) is 2. The summed E-state index contributed by atoms with van der Waals surface area (Å²) in [6.07, 6.45) is 2.76. The molecule has 0 saturated heterocycles. The van der Waals surface area contributed by atoms with Gasteiger partial charge in [0.1, 0.15) is 11.7 Å². The van der Waals surface area contributed by atoms with Crippen LogP contribution in [0.25, 0.3) is 0 Å². The maximum Gasteiger partial charge on any atom is 0.211 e. The number of rotatable bonds is 6. The molecule has 1 amide bonds. The van der Waals surface area contributed by atoms with Crippen LogP contribution in [0.2, 0.25) is 0 Å². The van der Waals surface area contributed by atoms with Crippen molar-refractivity contribution in [2.45, 2.75) is 13.0 Å². The van der Waals surface area contributed by atoms with Crippen molar-refractivity contribution >= 4 is 35.4 Å². The zero-order valence-corrected chi connectivity index (χ0v) is 13.9. The molecule has 0 bridgehead atoms. The van der Waals surface area contributed by atoms with Gasteiger partial charge in [0.15, 0.2) is 5.69 Å². The van der Waals surface area contributed by atoms with Crippen molar-refractivity contribution in [1.82, 2.24) is 3.89 Å². The lowest BCUT2D eigenvalue weighted by molar-refractivity contribution is -0.105. The van der Waals surface area contributed by atoms with E-state index in [1.165, 1.54) is 5.56 Å². The molecule has 0 aliphatic rings. The molecule has 0 fully saturated rings. The van der Waals surface area contributed by atoms with Crippen molar-refractivity contribution in [3.8, 4) is 0 Å². The normalized spacial score (nSPS) is 14.9. The van der Waals surface area contributed by atoms with E-state index in [1.807, 2.05) is 30.3 Å². The van der Waals surface area contributed by atoms with Gasteiger partial charge in [-0.2, -0.15) is 0 Å². The molecule has 2 aromatic carbocycles. The summed E-state index contributed by atoms with van der Waals surface area (Å²) < 4.78 is 0.575. The zero-order valence-electron chi connectivity index (χ0n) is 13.1. The lowest BCUT2D eigenvalue weighted by atomic mass is 10.1. The average Bonchev–Trinajstić information content (AvgIpc) is 2.56. The topological polar surface area (TPSA) is 55.1 Å². The molecule has 0 aliphatic heterocycles. The molecule has 2 rings (SSSR count). The summed E-state index contributed by atoms with van der Waals surface area (Å²) in [5.41, 5.74) is 9.66. The first-order valence-corrected chi connectivity index (χ1v) is 8.28. The first-order chi connectivity index (χ1) is 10.5. The van der Waals surface area contributed by atoms with Crippen LogP contribution in [-0.4, -0.2) is 19.7 Å². The van der Waals surface area contributed by atoms with Crippen molar-refractivity contribution in [2.24, 2.45) is 0 Å². The minimum absolute atomic E-state index is 0.199. The highest BCUT2D eigenvalue weighted by atomic mass is 32.2. The first-order valence-electron chi connectivity index (χ1n) is 7.10. The Hall–Kier alpha value is -1.98. The minimum atomic E-state index is 0.199. The van der Waals surface area contributed by atoms with E-state index < -0.39 is 0 Å². The smallest absolute Gasteiger partial charge is 0.211 e. The Balaban J connectivity index is 2.54. The third kappa shape index (κ3) is 3.10.